The van der Waals surface area contributed by atoms with E-state index in [1.807, 2.05) is 0 Å². The van der Waals surface area contributed by atoms with E-state index in [0.29, 0.717) is 6.54 Å². The second-order valence-corrected chi connectivity index (χ2v) is 5.61. The van der Waals surface area contributed by atoms with Gasteiger partial charge in [0.05, 0.1) is 0 Å². The Morgan fingerprint density at radius 3 is 2.59 bits per heavy atom. The minimum Gasteiger partial charge on any atom is -0.374 e. The normalized spacial score (nSPS) is 10.9. The largest absolute Gasteiger partial charge is 0.374 e. The van der Waals surface area contributed by atoms with Crippen LogP contribution in [-0.4, -0.2) is 19.8 Å². The fraction of sp³-hybridized carbons (Fsp3) is 0.571. The Bertz CT molecular complexity index is 350. The molecule has 2 nitrogen and oxygen atoms in total. The van der Waals surface area contributed by atoms with Crippen LogP contribution in [0, 0.1) is 5.92 Å². The second kappa shape index (κ2) is 6.92. The van der Waals surface area contributed by atoms with Gasteiger partial charge in [0.15, 0.2) is 0 Å². The van der Waals surface area contributed by atoms with Gasteiger partial charge in [-0.25, -0.2) is 0 Å². The van der Waals surface area contributed by atoms with Gasteiger partial charge in [-0.05, 0) is 30.7 Å². The standard InChI is InChI=1S/C14H24N2S/c1-11(2)8-9-16(3)13-6-5-7-14(17-4)12(13)10-15/h5-7,11H,8-10,15H2,1-4H3. The molecule has 0 aromatic heterocycles. The summed E-state index contributed by atoms with van der Waals surface area (Å²) in [6.07, 6.45) is 3.32. The first-order chi connectivity index (χ1) is 8.10. The highest BCUT2D eigenvalue weighted by atomic mass is 32.2. The van der Waals surface area contributed by atoms with Gasteiger partial charge < -0.3 is 10.6 Å². The van der Waals surface area contributed by atoms with Crippen LogP contribution in [0.3, 0.4) is 0 Å². The van der Waals surface area contributed by atoms with Crippen LogP contribution in [0.4, 0.5) is 5.69 Å². The van der Waals surface area contributed by atoms with Crippen LogP contribution in [0.1, 0.15) is 25.8 Å². The van der Waals surface area contributed by atoms with Crippen molar-refractivity contribution in [3.63, 3.8) is 0 Å². The van der Waals surface area contributed by atoms with Crippen molar-refractivity contribution in [1.82, 2.24) is 0 Å². The molecule has 0 aliphatic rings. The van der Waals surface area contributed by atoms with Crippen molar-refractivity contribution in [2.45, 2.75) is 31.7 Å². The van der Waals surface area contributed by atoms with Gasteiger partial charge in [0, 0.05) is 36.3 Å². The van der Waals surface area contributed by atoms with E-state index < -0.39 is 0 Å². The van der Waals surface area contributed by atoms with E-state index in [9.17, 15) is 0 Å². The molecule has 0 radical (unpaired) electrons. The van der Waals surface area contributed by atoms with Crippen LogP contribution in [-0.2, 0) is 6.54 Å². The molecule has 0 unspecified atom stereocenters. The molecule has 0 aliphatic heterocycles. The third-order valence-electron chi connectivity index (χ3n) is 2.99. The minimum absolute atomic E-state index is 0.609. The average Bonchev–Trinajstić information content (AvgIpc) is 2.34. The van der Waals surface area contributed by atoms with Crippen LogP contribution in [0.2, 0.25) is 0 Å². The summed E-state index contributed by atoms with van der Waals surface area (Å²) in [5.41, 5.74) is 8.43. The van der Waals surface area contributed by atoms with Crippen LogP contribution in [0.5, 0.6) is 0 Å². The summed E-state index contributed by atoms with van der Waals surface area (Å²) >= 11 is 1.77. The number of hydrogen-bond acceptors (Lipinski definition) is 3. The first-order valence-corrected chi connectivity index (χ1v) is 7.39. The first-order valence-electron chi connectivity index (χ1n) is 6.17. The highest BCUT2D eigenvalue weighted by molar-refractivity contribution is 7.98. The summed E-state index contributed by atoms with van der Waals surface area (Å²) in [5, 5.41) is 0. The van der Waals surface area contributed by atoms with Gasteiger partial charge in [0.25, 0.3) is 0 Å². The molecule has 0 heterocycles. The van der Waals surface area contributed by atoms with E-state index in [1.54, 1.807) is 11.8 Å². The fourth-order valence-corrected chi connectivity index (χ4v) is 2.53. The summed E-state index contributed by atoms with van der Waals surface area (Å²) in [5.74, 6) is 0.738. The molecule has 0 spiro atoms. The van der Waals surface area contributed by atoms with Crippen LogP contribution in [0.15, 0.2) is 23.1 Å². The summed E-state index contributed by atoms with van der Waals surface area (Å²) < 4.78 is 0. The van der Waals surface area contributed by atoms with Gasteiger partial charge in [-0.2, -0.15) is 0 Å². The number of nitrogens with zero attached hydrogens (tertiary/aromatic N) is 1. The quantitative estimate of drug-likeness (QED) is 0.787. The molecule has 96 valence electrons. The summed E-state index contributed by atoms with van der Waals surface area (Å²) in [6.45, 7) is 6.22. The third-order valence-corrected chi connectivity index (χ3v) is 3.81. The van der Waals surface area contributed by atoms with Gasteiger partial charge >= 0.3 is 0 Å². The summed E-state index contributed by atoms with van der Waals surface area (Å²) in [7, 11) is 2.15. The highest BCUT2D eigenvalue weighted by Gasteiger charge is 2.10. The smallest absolute Gasteiger partial charge is 0.0420 e. The molecular weight excluding hydrogens is 228 g/mol. The van der Waals surface area contributed by atoms with Crippen molar-refractivity contribution in [2.75, 3.05) is 24.7 Å². The van der Waals surface area contributed by atoms with Crippen LogP contribution < -0.4 is 10.6 Å². The Hall–Kier alpha value is -0.670. The third kappa shape index (κ3) is 3.93. The average molecular weight is 252 g/mol. The molecular formula is C14H24N2S. The number of benzene rings is 1. The summed E-state index contributed by atoms with van der Waals surface area (Å²) in [4.78, 5) is 3.61. The van der Waals surface area contributed by atoms with E-state index >= 15 is 0 Å². The molecule has 0 saturated heterocycles. The summed E-state index contributed by atoms with van der Waals surface area (Å²) in [6, 6.07) is 6.43. The lowest BCUT2D eigenvalue weighted by Gasteiger charge is -2.24. The SMILES string of the molecule is CSc1cccc(N(C)CCC(C)C)c1CN. The van der Waals surface area contributed by atoms with E-state index in [4.69, 9.17) is 5.73 Å². The zero-order chi connectivity index (χ0) is 12.8. The Balaban J connectivity index is 2.88. The molecule has 0 bridgehead atoms. The van der Waals surface area contributed by atoms with E-state index in [1.165, 1.54) is 22.6 Å². The van der Waals surface area contributed by atoms with Gasteiger partial charge in [-0.15, -0.1) is 11.8 Å². The van der Waals surface area contributed by atoms with Crippen molar-refractivity contribution >= 4 is 17.4 Å². The zero-order valence-electron chi connectivity index (χ0n) is 11.4. The molecule has 0 atom stereocenters. The van der Waals surface area contributed by atoms with Crippen molar-refractivity contribution in [2.24, 2.45) is 11.7 Å². The molecule has 17 heavy (non-hydrogen) atoms. The van der Waals surface area contributed by atoms with Gasteiger partial charge in [0.2, 0.25) is 0 Å². The second-order valence-electron chi connectivity index (χ2n) is 4.77. The number of thioether (sulfide) groups is 1. The highest BCUT2D eigenvalue weighted by Crippen LogP contribution is 2.29. The number of rotatable bonds is 6. The predicted molar refractivity (Wildman–Crippen MR) is 78.8 cm³/mol. The molecule has 2 N–H and O–H groups in total. The Labute approximate surface area is 110 Å². The fourth-order valence-electron chi connectivity index (χ4n) is 1.88. The zero-order valence-corrected chi connectivity index (χ0v) is 12.2. The number of anilines is 1. The van der Waals surface area contributed by atoms with E-state index in [2.05, 4.69) is 50.2 Å². The van der Waals surface area contributed by atoms with Crippen LogP contribution >= 0.6 is 11.8 Å². The van der Waals surface area contributed by atoms with Crippen molar-refractivity contribution in [3.05, 3.63) is 23.8 Å². The lowest BCUT2D eigenvalue weighted by molar-refractivity contribution is 0.584. The Morgan fingerprint density at radius 2 is 2.06 bits per heavy atom. The first kappa shape index (κ1) is 14.4. The van der Waals surface area contributed by atoms with Crippen LogP contribution in [0.25, 0.3) is 0 Å². The van der Waals surface area contributed by atoms with Crippen molar-refractivity contribution in [3.8, 4) is 0 Å². The molecule has 1 rings (SSSR count). The molecule has 0 fully saturated rings. The molecule has 0 aliphatic carbocycles. The maximum Gasteiger partial charge on any atom is 0.0420 e. The topological polar surface area (TPSA) is 29.3 Å². The molecule has 3 heteroatoms. The molecule has 1 aromatic rings. The Kier molecular flexibility index (Phi) is 5.86. The molecule has 0 amide bonds. The minimum atomic E-state index is 0.609. The van der Waals surface area contributed by atoms with E-state index in [0.717, 1.165) is 12.5 Å². The number of nitrogens with two attached hydrogens (primary N) is 1. The monoisotopic (exact) mass is 252 g/mol. The predicted octanol–water partition coefficient (Wildman–Crippen LogP) is 3.35. The maximum atomic E-state index is 5.88. The van der Waals surface area contributed by atoms with Gasteiger partial charge in [-0.1, -0.05) is 19.9 Å². The molecule has 0 saturated carbocycles. The Morgan fingerprint density at radius 1 is 1.35 bits per heavy atom. The van der Waals surface area contributed by atoms with Gasteiger partial charge in [-0.3, -0.25) is 0 Å². The van der Waals surface area contributed by atoms with Crippen molar-refractivity contribution < 1.29 is 0 Å². The number of hydrogen-bond donors (Lipinski definition) is 1. The van der Waals surface area contributed by atoms with Gasteiger partial charge in [0.1, 0.15) is 0 Å². The van der Waals surface area contributed by atoms with Crippen molar-refractivity contribution in [1.29, 1.82) is 0 Å². The lowest BCUT2D eigenvalue weighted by Crippen LogP contribution is -2.22. The van der Waals surface area contributed by atoms with E-state index in [-0.39, 0.29) is 0 Å². The maximum absolute atomic E-state index is 5.88. The molecule has 1 aromatic carbocycles. The lowest BCUT2D eigenvalue weighted by atomic mass is 10.1.